The number of aryl methyl sites for hydroxylation is 1. The summed E-state index contributed by atoms with van der Waals surface area (Å²) < 4.78 is 1.68. The van der Waals surface area contributed by atoms with Gasteiger partial charge in [0.1, 0.15) is 6.04 Å². The minimum Gasteiger partial charge on any atom is -0.336 e. The summed E-state index contributed by atoms with van der Waals surface area (Å²) in [4.78, 5) is 36.5. The molecule has 2 amide bonds. The van der Waals surface area contributed by atoms with Crippen molar-refractivity contribution in [2.24, 2.45) is 0 Å². The highest BCUT2D eigenvalue weighted by molar-refractivity contribution is 5.95. The van der Waals surface area contributed by atoms with Crippen molar-refractivity contribution in [3.8, 4) is 5.69 Å². The lowest BCUT2D eigenvalue weighted by Gasteiger charge is -2.37. The maximum atomic E-state index is 14.4. The first-order valence-corrected chi connectivity index (χ1v) is 14.8. The molecule has 0 saturated heterocycles. The third-order valence-corrected chi connectivity index (χ3v) is 7.99. The number of nitrogens with zero attached hydrogens (tertiary/aromatic N) is 6. The van der Waals surface area contributed by atoms with Gasteiger partial charge in [0.05, 0.1) is 18.1 Å². The topological polar surface area (TPSA) is 84.2 Å². The Kier molecular flexibility index (Phi) is 8.68. The molecule has 1 aliphatic rings. The predicted molar refractivity (Wildman–Crippen MR) is 169 cm³/mol. The molecule has 8 nitrogen and oxygen atoms in total. The number of benzene rings is 3. The first kappa shape index (κ1) is 28.7. The molecule has 220 valence electrons. The van der Waals surface area contributed by atoms with Crippen molar-refractivity contribution in [3.63, 3.8) is 0 Å². The van der Waals surface area contributed by atoms with Gasteiger partial charge in [-0.1, -0.05) is 78.0 Å². The fourth-order valence-electron chi connectivity index (χ4n) is 5.54. The van der Waals surface area contributed by atoms with Crippen LogP contribution in [0.15, 0.2) is 116 Å². The van der Waals surface area contributed by atoms with Gasteiger partial charge in [-0.3, -0.25) is 14.6 Å². The Morgan fingerprint density at radius 2 is 1.68 bits per heavy atom. The van der Waals surface area contributed by atoms with Crippen LogP contribution < -0.4 is 0 Å². The average molecular weight is 583 g/mol. The Morgan fingerprint density at radius 3 is 2.41 bits per heavy atom. The van der Waals surface area contributed by atoms with Crippen molar-refractivity contribution in [2.45, 2.75) is 38.9 Å². The highest BCUT2D eigenvalue weighted by Crippen LogP contribution is 2.23. The molecule has 0 unspecified atom stereocenters. The summed E-state index contributed by atoms with van der Waals surface area (Å²) in [6.45, 7) is 3.33. The number of fused-ring (bicyclic) bond motifs is 1. The molecule has 0 saturated carbocycles. The number of amides is 2. The van der Waals surface area contributed by atoms with E-state index in [0.717, 1.165) is 40.1 Å². The molecular weight excluding hydrogens is 548 g/mol. The van der Waals surface area contributed by atoms with Gasteiger partial charge in [0.15, 0.2) is 0 Å². The zero-order chi connectivity index (χ0) is 30.3. The lowest BCUT2D eigenvalue weighted by molar-refractivity contribution is -0.144. The van der Waals surface area contributed by atoms with Crippen LogP contribution in [-0.4, -0.2) is 54.2 Å². The maximum Gasteiger partial charge on any atom is 0.247 e. The van der Waals surface area contributed by atoms with Crippen molar-refractivity contribution in [1.82, 2.24) is 29.8 Å². The van der Waals surface area contributed by atoms with Gasteiger partial charge in [-0.2, -0.15) is 0 Å². The summed E-state index contributed by atoms with van der Waals surface area (Å²) in [5, 5.41) is 7.96. The largest absolute Gasteiger partial charge is 0.336 e. The van der Waals surface area contributed by atoms with Crippen molar-refractivity contribution in [3.05, 3.63) is 149 Å². The molecule has 0 aliphatic carbocycles. The third-order valence-electron chi connectivity index (χ3n) is 7.99. The van der Waals surface area contributed by atoms with E-state index in [4.69, 9.17) is 0 Å². The summed E-state index contributed by atoms with van der Waals surface area (Å²) in [6.07, 6.45) is 9.65. The summed E-state index contributed by atoms with van der Waals surface area (Å²) in [7, 11) is 0. The van der Waals surface area contributed by atoms with Crippen molar-refractivity contribution in [1.29, 1.82) is 0 Å². The lowest BCUT2D eigenvalue weighted by Crippen LogP contribution is -2.52. The van der Waals surface area contributed by atoms with E-state index in [1.165, 1.54) is 5.56 Å². The van der Waals surface area contributed by atoms with E-state index >= 15 is 0 Å². The van der Waals surface area contributed by atoms with Crippen LogP contribution in [0.25, 0.3) is 11.8 Å². The Labute approximate surface area is 257 Å². The van der Waals surface area contributed by atoms with Crippen LogP contribution in [-0.2, 0) is 35.5 Å². The molecule has 44 heavy (non-hydrogen) atoms. The molecule has 8 heteroatoms. The fourth-order valence-corrected chi connectivity index (χ4v) is 5.54. The minimum absolute atomic E-state index is 0.0543. The van der Waals surface area contributed by atoms with E-state index in [1.807, 2.05) is 90.7 Å². The number of hydrogen-bond donors (Lipinski definition) is 0. The van der Waals surface area contributed by atoms with Crippen LogP contribution in [0.1, 0.15) is 33.5 Å². The normalized spacial score (nSPS) is 13.4. The smallest absolute Gasteiger partial charge is 0.247 e. The number of pyridine rings is 1. The molecule has 0 fully saturated rings. The summed E-state index contributed by atoms with van der Waals surface area (Å²) >= 11 is 0. The first-order valence-electron chi connectivity index (χ1n) is 14.8. The molecule has 0 bridgehead atoms. The van der Waals surface area contributed by atoms with E-state index in [-0.39, 0.29) is 18.4 Å². The van der Waals surface area contributed by atoms with Gasteiger partial charge in [0.2, 0.25) is 11.8 Å². The molecule has 0 N–H and O–H groups in total. The van der Waals surface area contributed by atoms with Gasteiger partial charge in [0.25, 0.3) is 0 Å². The average Bonchev–Trinajstić information content (AvgIpc) is 3.61. The second kappa shape index (κ2) is 13.3. The molecule has 2 aromatic heterocycles. The highest BCUT2D eigenvalue weighted by atomic mass is 16.2. The standard InChI is InChI=1S/C36H34N6O2/c1-27-11-12-29(24-37-27)15-18-35(43)41(25-30-13-16-33(17-14-30)42-22-20-38-39-42)34(23-28-7-3-2-4-8-28)36(44)40-21-19-31-9-5-6-10-32(31)26-40/h2-18,20,22,24,34H,19,21,23,25-26H2,1H3/t34-/m0/s1. The fraction of sp³-hybridized carbons (Fsp3) is 0.194. The van der Waals surface area contributed by atoms with Gasteiger partial charge in [-0.05, 0) is 65.4 Å². The number of carbonyl (C=O) groups is 2. The zero-order valence-electron chi connectivity index (χ0n) is 24.7. The summed E-state index contributed by atoms with van der Waals surface area (Å²) in [5.74, 6) is -0.293. The van der Waals surface area contributed by atoms with Gasteiger partial charge < -0.3 is 9.80 Å². The van der Waals surface area contributed by atoms with E-state index in [1.54, 1.807) is 40.3 Å². The molecule has 3 heterocycles. The summed E-state index contributed by atoms with van der Waals surface area (Å²) in [6, 6.07) is 29.1. The van der Waals surface area contributed by atoms with Crippen LogP contribution in [0, 0.1) is 6.92 Å². The summed E-state index contributed by atoms with van der Waals surface area (Å²) in [5.41, 5.74) is 6.90. The highest BCUT2D eigenvalue weighted by Gasteiger charge is 2.34. The van der Waals surface area contributed by atoms with Crippen LogP contribution in [0.2, 0.25) is 0 Å². The molecular formula is C36H34N6O2. The molecule has 5 aromatic rings. The predicted octanol–water partition coefficient (Wildman–Crippen LogP) is 5.21. The number of carbonyl (C=O) groups excluding carboxylic acids is 2. The van der Waals surface area contributed by atoms with E-state index in [0.29, 0.717) is 19.5 Å². The minimum atomic E-state index is -0.703. The molecule has 6 rings (SSSR count). The molecule has 1 atom stereocenters. The Morgan fingerprint density at radius 1 is 0.909 bits per heavy atom. The van der Waals surface area contributed by atoms with E-state index < -0.39 is 6.04 Å². The quantitative estimate of drug-likeness (QED) is 0.223. The SMILES string of the molecule is Cc1ccc(C=CC(=O)N(Cc2ccc(-n3ccnn3)cc2)[C@@H](Cc2ccccc2)C(=O)N2CCc3ccccc3C2)cn1. The molecule has 3 aromatic carbocycles. The Hall–Kier alpha value is -5.37. The number of rotatable bonds is 9. The van der Waals surface area contributed by atoms with Crippen LogP contribution in [0.4, 0.5) is 0 Å². The van der Waals surface area contributed by atoms with Crippen LogP contribution in [0.3, 0.4) is 0 Å². The van der Waals surface area contributed by atoms with Gasteiger partial charge in [-0.15, -0.1) is 5.10 Å². The molecule has 0 spiro atoms. The second-order valence-corrected chi connectivity index (χ2v) is 11.0. The van der Waals surface area contributed by atoms with Crippen molar-refractivity contribution >= 4 is 17.9 Å². The molecule has 1 aliphatic heterocycles. The van der Waals surface area contributed by atoms with Crippen LogP contribution in [0.5, 0.6) is 0 Å². The zero-order valence-corrected chi connectivity index (χ0v) is 24.7. The van der Waals surface area contributed by atoms with Gasteiger partial charge >= 0.3 is 0 Å². The lowest BCUT2D eigenvalue weighted by atomic mass is 9.97. The van der Waals surface area contributed by atoms with Crippen molar-refractivity contribution in [2.75, 3.05) is 6.54 Å². The van der Waals surface area contributed by atoms with E-state index in [9.17, 15) is 9.59 Å². The Bertz CT molecular complexity index is 1730. The molecule has 0 radical (unpaired) electrons. The van der Waals surface area contributed by atoms with Gasteiger partial charge in [0, 0.05) is 44.0 Å². The maximum absolute atomic E-state index is 14.4. The van der Waals surface area contributed by atoms with E-state index in [2.05, 4.69) is 27.4 Å². The van der Waals surface area contributed by atoms with Gasteiger partial charge in [-0.25, -0.2) is 4.68 Å². The van der Waals surface area contributed by atoms with Crippen molar-refractivity contribution < 1.29 is 9.59 Å². The van der Waals surface area contributed by atoms with Crippen LogP contribution >= 0.6 is 0 Å². The second-order valence-electron chi connectivity index (χ2n) is 11.0. The first-order chi connectivity index (χ1) is 21.5. The number of aromatic nitrogens is 4. The third kappa shape index (κ3) is 6.81. The monoisotopic (exact) mass is 582 g/mol. The number of hydrogen-bond acceptors (Lipinski definition) is 5. The Balaban J connectivity index is 1.34.